The normalized spacial score (nSPS) is 19.1. The smallest absolute Gasteiger partial charge is 0.407 e. The van der Waals surface area contributed by atoms with Gasteiger partial charge in [0.1, 0.15) is 77.9 Å². The minimum Gasteiger partial charge on any atom is -0.497 e. The van der Waals surface area contributed by atoms with Crippen molar-refractivity contribution in [1.82, 2.24) is 26.6 Å². The molecule has 2 heterocycles. The second kappa shape index (κ2) is 42.1. The van der Waals surface area contributed by atoms with E-state index in [1.807, 2.05) is 133 Å². The summed E-state index contributed by atoms with van der Waals surface area (Å²) >= 11 is 0. The number of aliphatic hydroxyl groups excluding tert-OH is 1. The third-order valence-electron chi connectivity index (χ3n) is 17.5. The summed E-state index contributed by atoms with van der Waals surface area (Å²) in [6.45, 7) is 3.08. The number of methoxy groups -OCH3 is 4. The molecular weight excluding hydrogens is 1430 g/mol. The Bertz CT molecular complexity index is 3860. The number of amides is 5. The summed E-state index contributed by atoms with van der Waals surface area (Å²) in [6.07, 6.45) is -12.8. The van der Waals surface area contributed by atoms with Crippen LogP contribution in [-0.2, 0) is 102 Å². The van der Waals surface area contributed by atoms with Crippen LogP contribution in [0.15, 0.2) is 158 Å². The fourth-order valence-electron chi connectivity index (χ4n) is 12.5. The predicted octanol–water partition coefficient (Wildman–Crippen LogP) is 5.97. The molecule has 6 aromatic rings. The molecule has 0 bridgehead atoms. The molecule has 8 rings (SSSR count). The second-order valence-corrected chi connectivity index (χ2v) is 25.3. The van der Waals surface area contributed by atoms with E-state index in [1.165, 1.54) is 27.7 Å². The Balaban J connectivity index is 0.766. The summed E-state index contributed by atoms with van der Waals surface area (Å²) in [7, 11) is 6.23. The van der Waals surface area contributed by atoms with E-state index in [0.717, 1.165) is 23.6 Å². The van der Waals surface area contributed by atoms with Crippen LogP contribution in [0.2, 0.25) is 0 Å². The van der Waals surface area contributed by atoms with Crippen molar-refractivity contribution in [3.63, 3.8) is 0 Å². The average Bonchev–Trinajstić information content (AvgIpc) is 0.754. The minimum absolute atomic E-state index is 0.00132. The van der Waals surface area contributed by atoms with Crippen LogP contribution in [0.4, 0.5) is 9.59 Å². The second-order valence-electron chi connectivity index (χ2n) is 25.3. The van der Waals surface area contributed by atoms with E-state index in [1.54, 1.807) is 52.7 Å². The Morgan fingerprint density at radius 2 is 0.809 bits per heavy atom. The first kappa shape index (κ1) is 84.7. The fourth-order valence-corrected chi connectivity index (χ4v) is 12.5. The van der Waals surface area contributed by atoms with Crippen LogP contribution in [0.5, 0.6) is 23.0 Å². The highest BCUT2D eigenvalue weighted by molar-refractivity contribution is 5.83. The summed E-state index contributed by atoms with van der Waals surface area (Å²) in [5.74, 6) is -2.22. The van der Waals surface area contributed by atoms with Crippen molar-refractivity contribution in [1.29, 1.82) is 0 Å². The molecule has 0 spiro atoms. The number of hydrogen-bond donors (Lipinski definition) is 6. The molecule has 0 aromatic heterocycles. The lowest BCUT2D eigenvalue weighted by Crippen LogP contribution is -2.66. The van der Waals surface area contributed by atoms with Gasteiger partial charge in [-0.15, -0.1) is 0 Å². The SMILES string of the molecule is COc1ccc(C(OC[C@H]2O[C@@H](OCCCNC(=O)CNC(=O)OCC(O)COC(=O)NCC(=O)NCCCO[C@@H]3O[C@H](COC(c4ccccc4)(c4ccc(OC)cc4)c4ccc(OC)cc4)[C@H](OC(C)=O)[C@H](OC(C)=O)[C@H]3NC(C)=O)C[C@@H](OC(C)=O)[C@H]2OC(C)=O)(c2ccccc2)c2ccc(OC)cc2)cc1. The Morgan fingerprint density at radius 3 is 1.19 bits per heavy atom. The number of hydrogen-bond acceptors (Lipinski definition) is 26. The largest absolute Gasteiger partial charge is 0.497 e. The van der Waals surface area contributed by atoms with Crippen molar-refractivity contribution < 1.29 is 124 Å². The molecule has 110 heavy (non-hydrogen) atoms. The van der Waals surface area contributed by atoms with Crippen LogP contribution in [-0.4, -0.2) is 215 Å². The molecule has 0 radical (unpaired) electrons. The van der Waals surface area contributed by atoms with Crippen LogP contribution < -0.4 is 45.5 Å². The molecule has 31 nitrogen and oxygen atoms in total. The van der Waals surface area contributed by atoms with Crippen molar-refractivity contribution in [2.24, 2.45) is 0 Å². The van der Waals surface area contributed by atoms with Crippen molar-refractivity contribution >= 4 is 53.8 Å². The van der Waals surface area contributed by atoms with Gasteiger partial charge >= 0.3 is 36.1 Å². The van der Waals surface area contributed by atoms with Gasteiger partial charge in [0.05, 0.1) is 68.0 Å². The van der Waals surface area contributed by atoms with E-state index in [2.05, 4.69) is 26.6 Å². The molecule has 0 aliphatic carbocycles. The third kappa shape index (κ3) is 24.0. The maximum absolute atomic E-state index is 12.9. The number of carbonyl (C=O) groups is 9. The van der Waals surface area contributed by atoms with E-state index in [-0.39, 0.29) is 58.8 Å². The number of alkyl carbamates (subject to hydrolysis) is 2. The molecule has 10 atom stereocenters. The molecule has 1 unspecified atom stereocenters. The molecule has 2 aliphatic heterocycles. The Hall–Kier alpha value is -10.9. The van der Waals surface area contributed by atoms with Gasteiger partial charge in [0.25, 0.3) is 0 Å². The molecule has 2 fully saturated rings. The Labute approximate surface area is 636 Å². The summed E-state index contributed by atoms with van der Waals surface area (Å²) in [4.78, 5) is 114. The van der Waals surface area contributed by atoms with Crippen molar-refractivity contribution in [3.05, 3.63) is 191 Å². The van der Waals surface area contributed by atoms with Gasteiger partial charge in [0.15, 0.2) is 30.9 Å². The topological polar surface area (TPSA) is 382 Å². The summed E-state index contributed by atoms with van der Waals surface area (Å²) in [5, 5.41) is 22.9. The number of carbonyl (C=O) groups excluding carboxylic acids is 9. The lowest BCUT2D eigenvalue weighted by atomic mass is 9.80. The van der Waals surface area contributed by atoms with E-state index < -0.39 is 153 Å². The van der Waals surface area contributed by atoms with Gasteiger partial charge in [0, 0.05) is 54.1 Å². The molecule has 6 aromatic carbocycles. The van der Waals surface area contributed by atoms with Gasteiger partial charge in [0.2, 0.25) is 17.7 Å². The highest BCUT2D eigenvalue weighted by Gasteiger charge is 2.53. The lowest BCUT2D eigenvalue weighted by Gasteiger charge is -2.46. The standard InChI is InChI=1S/C79H95N5O26/c1-49(85)84-71-74(108-53(5)89)73(107-52(4)88)67(48-104-79(55-20-14-11-15-21-55,58-26-34-63(97-8)35-27-58)59-28-36-64(98-9)37-29-59)110-75(71)100-41-17-39-81-69(92)44-83-77(94)102-46-60(90)45-101-76(93)82-43-68(91)80-38-16-40-99-70-42-65(105-50(2)86)72(106-51(3)87)66(109-70)47-103-78(54-18-12-10-13-19-54,56-22-30-61(95-6)31-23-56)57-24-32-62(96-7)33-25-57/h10-15,18-37,60,65-67,70-75,90H,16-17,38-48H2,1-9H3,(H,80,91)(H,81,92)(H,82,93)(H,83,94)(H,84,85)/t60?,65-,66-,67-,70-,71-,72-,73+,74-,75-/m1/s1. The molecule has 5 amide bonds. The molecular formula is C79H95N5O26. The van der Waals surface area contributed by atoms with Gasteiger partial charge in [-0.1, -0.05) is 109 Å². The number of benzene rings is 6. The Kier molecular flexibility index (Phi) is 32.4. The molecule has 2 aliphatic rings. The molecule has 2 saturated heterocycles. The van der Waals surface area contributed by atoms with Crippen LogP contribution in [0.25, 0.3) is 0 Å². The average molecular weight is 1530 g/mol. The van der Waals surface area contributed by atoms with E-state index in [4.69, 9.17) is 75.8 Å². The van der Waals surface area contributed by atoms with Crippen molar-refractivity contribution in [2.45, 2.75) is 126 Å². The predicted molar refractivity (Wildman–Crippen MR) is 390 cm³/mol. The van der Waals surface area contributed by atoms with Gasteiger partial charge in [-0.05, 0) is 94.8 Å². The maximum atomic E-state index is 12.9. The molecule has 6 N–H and O–H groups in total. The van der Waals surface area contributed by atoms with Gasteiger partial charge in [-0.2, -0.15) is 0 Å². The van der Waals surface area contributed by atoms with Gasteiger partial charge in [-0.25, -0.2) is 9.59 Å². The van der Waals surface area contributed by atoms with Crippen LogP contribution in [0.1, 0.15) is 87.3 Å². The van der Waals surface area contributed by atoms with Crippen LogP contribution >= 0.6 is 0 Å². The maximum Gasteiger partial charge on any atom is 0.407 e. The third-order valence-corrected chi connectivity index (χ3v) is 17.5. The monoisotopic (exact) mass is 1530 g/mol. The fraction of sp³-hybridized carbons (Fsp3) is 0.430. The zero-order valence-electron chi connectivity index (χ0n) is 62.6. The minimum atomic E-state index is -1.51. The quantitative estimate of drug-likeness (QED) is 0.0112. The van der Waals surface area contributed by atoms with E-state index >= 15 is 0 Å². The van der Waals surface area contributed by atoms with Crippen LogP contribution in [0, 0.1) is 0 Å². The first-order valence-corrected chi connectivity index (χ1v) is 35.5. The molecule has 0 saturated carbocycles. The first-order chi connectivity index (χ1) is 53.0. The summed E-state index contributed by atoms with van der Waals surface area (Å²) < 4.78 is 94.7. The summed E-state index contributed by atoms with van der Waals surface area (Å²) in [6, 6.07) is 46.9. The number of aliphatic hydroxyl groups is 1. The van der Waals surface area contributed by atoms with Gasteiger partial charge in [-0.3, -0.25) is 33.6 Å². The lowest BCUT2D eigenvalue weighted by molar-refractivity contribution is -0.282. The van der Waals surface area contributed by atoms with E-state index in [9.17, 15) is 48.3 Å². The van der Waals surface area contributed by atoms with Crippen molar-refractivity contribution in [3.8, 4) is 23.0 Å². The summed E-state index contributed by atoms with van der Waals surface area (Å²) in [5.41, 5.74) is 1.53. The Morgan fingerprint density at radius 1 is 0.445 bits per heavy atom. The number of rotatable bonds is 39. The zero-order chi connectivity index (χ0) is 79.2. The number of nitrogens with one attached hydrogen (secondary N) is 5. The van der Waals surface area contributed by atoms with Crippen molar-refractivity contribution in [2.75, 3.05) is 94.3 Å². The molecule has 31 heteroatoms. The first-order valence-electron chi connectivity index (χ1n) is 35.5. The highest BCUT2D eigenvalue weighted by atomic mass is 16.7. The van der Waals surface area contributed by atoms with E-state index in [0.29, 0.717) is 39.7 Å². The zero-order valence-corrected chi connectivity index (χ0v) is 62.6. The van der Waals surface area contributed by atoms with Gasteiger partial charge < -0.3 is 107 Å². The highest BCUT2D eigenvalue weighted by Crippen LogP contribution is 2.45. The number of esters is 4. The number of ether oxygens (including phenoxy) is 16. The van der Waals surface area contributed by atoms with Crippen LogP contribution in [0.3, 0.4) is 0 Å². The molecule has 592 valence electrons.